The maximum Gasteiger partial charge on any atom is 0.320 e. The van der Waals surface area contributed by atoms with Gasteiger partial charge in [-0.3, -0.25) is 4.79 Å². The number of methoxy groups -OCH3 is 1. The predicted octanol–water partition coefficient (Wildman–Crippen LogP) is -0.284. The van der Waals surface area contributed by atoms with Gasteiger partial charge in [-0.05, 0) is 19.4 Å². The molecule has 1 N–H and O–H groups in total. The molecular formula is C9H17NO4S. The van der Waals surface area contributed by atoms with Crippen LogP contribution in [0.15, 0.2) is 0 Å². The Morgan fingerprint density at radius 1 is 1.47 bits per heavy atom. The molecule has 1 saturated heterocycles. The van der Waals surface area contributed by atoms with E-state index >= 15 is 0 Å². The summed E-state index contributed by atoms with van der Waals surface area (Å²) in [6, 6.07) is -0.00611. The standard InChI is InChI=1S/C9H17NO4S/c1-14-9(11)7-15(12,13)6-8-4-2-3-5-10-8/h8,10H,2-7H2,1H3/t8-/m0/s1. The first-order valence-electron chi connectivity index (χ1n) is 5.04. The first-order valence-corrected chi connectivity index (χ1v) is 6.86. The van der Waals surface area contributed by atoms with Crippen molar-refractivity contribution in [3.8, 4) is 0 Å². The van der Waals surface area contributed by atoms with Crippen LogP contribution in [-0.2, 0) is 19.4 Å². The SMILES string of the molecule is COC(=O)CS(=O)(=O)C[C@@H]1CCCCN1. The van der Waals surface area contributed by atoms with Gasteiger partial charge in [0.05, 0.1) is 12.9 Å². The van der Waals surface area contributed by atoms with Crippen molar-refractivity contribution in [3.05, 3.63) is 0 Å². The van der Waals surface area contributed by atoms with Crippen LogP contribution in [0.2, 0.25) is 0 Å². The first-order chi connectivity index (χ1) is 7.03. The van der Waals surface area contributed by atoms with Gasteiger partial charge in [-0.1, -0.05) is 6.42 Å². The van der Waals surface area contributed by atoms with Gasteiger partial charge in [0.15, 0.2) is 9.84 Å². The maximum atomic E-state index is 11.5. The topological polar surface area (TPSA) is 72.5 Å². The monoisotopic (exact) mass is 235 g/mol. The average Bonchev–Trinajstić information content (AvgIpc) is 2.17. The fourth-order valence-corrected chi connectivity index (χ4v) is 3.16. The van der Waals surface area contributed by atoms with E-state index in [4.69, 9.17) is 0 Å². The number of hydrogen-bond acceptors (Lipinski definition) is 5. The van der Waals surface area contributed by atoms with E-state index in [1.54, 1.807) is 0 Å². The number of carbonyl (C=O) groups excluding carboxylic acids is 1. The molecule has 1 aliphatic heterocycles. The van der Waals surface area contributed by atoms with Crippen molar-refractivity contribution in [1.82, 2.24) is 5.32 Å². The van der Waals surface area contributed by atoms with Crippen molar-refractivity contribution < 1.29 is 17.9 Å². The number of sulfone groups is 1. The van der Waals surface area contributed by atoms with E-state index in [1.807, 2.05) is 0 Å². The van der Waals surface area contributed by atoms with Crippen LogP contribution in [-0.4, -0.2) is 45.6 Å². The van der Waals surface area contributed by atoms with Crippen LogP contribution in [0.1, 0.15) is 19.3 Å². The van der Waals surface area contributed by atoms with Gasteiger partial charge in [0.25, 0.3) is 0 Å². The quantitative estimate of drug-likeness (QED) is 0.678. The van der Waals surface area contributed by atoms with Gasteiger partial charge in [0.1, 0.15) is 5.75 Å². The molecule has 1 rings (SSSR count). The minimum Gasteiger partial charge on any atom is -0.468 e. The average molecular weight is 235 g/mol. The van der Waals surface area contributed by atoms with Crippen molar-refractivity contribution in [2.75, 3.05) is 25.2 Å². The van der Waals surface area contributed by atoms with Gasteiger partial charge in [-0.2, -0.15) is 0 Å². The molecular weight excluding hydrogens is 218 g/mol. The van der Waals surface area contributed by atoms with Crippen LogP contribution >= 0.6 is 0 Å². The summed E-state index contributed by atoms with van der Waals surface area (Å²) in [4.78, 5) is 10.8. The molecule has 1 fully saturated rings. The minimum atomic E-state index is -3.33. The fourth-order valence-electron chi connectivity index (χ4n) is 1.67. The van der Waals surface area contributed by atoms with E-state index in [9.17, 15) is 13.2 Å². The van der Waals surface area contributed by atoms with Crippen LogP contribution in [0, 0.1) is 0 Å². The molecule has 0 aromatic heterocycles. The molecule has 0 aromatic carbocycles. The molecule has 6 heteroatoms. The molecule has 0 bridgehead atoms. The summed E-state index contributed by atoms with van der Waals surface area (Å²) in [7, 11) is -2.14. The first kappa shape index (κ1) is 12.4. The lowest BCUT2D eigenvalue weighted by atomic mass is 10.1. The highest BCUT2D eigenvalue weighted by Crippen LogP contribution is 2.09. The molecule has 1 heterocycles. The van der Waals surface area contributed by atoms with Gasteiger partial charge in [-0.25, -0.2) is 8.42 Å². The lowest BCUT2D eigenvalue weighted by Gasteiger charge is -2.22. The zero-order chi connectivity index (χ0) is 11.3. The molecule has 1 atom stereocenters. The van der Waals surface area contributed by atoms with Gasteiger partial charge >= 0.3 is 5.97 Å². The Morgan fingerprint density at radius 2 is 2.20 bits per heavy atom. The summed E-state index contributed by atoms with van der Waals surface area (Å²) in [5.41, 5.74) is 0. The number of nitrogens with one attached hydrogen (secondary N) is 1. The van der Waals surface area contributed by atoms with Crippen molar-refractivity contribution in [2.24, 2.45) is 0 Å². The van der Waals surface area contributed by atoms with Crippen LogP contribution in [0.3, 0.4) is 0 Å². The lowest BCUT2D eigenvalue weighted by Crippen LogP contribution is -2.40. The van der Waals surface area contributed by atoms with E-state index in [1.165, 1.54) is 7.11 Å². The maximum absolute atomic E-state index is 11.5. The third-order valence-electron chi connectivity index (χ3n) is 2.43. The Kier molecular flexibility index (Phi) is 4.53. The molecule has 0 amide bonds. The second-order valence-electron chi connectivity index (χ2n) is 3.78. The molecule has 5 nitrogen and oxygen atoms in total. The van der Waals surface area contributed by atoms with Gasteiger partial charge in [-0.15, -0.1) is 0 Å². The summed E-state index contributed by atoms with van der Waals surface area (Å²) in [6.45, 7) is 0.860. The third kappa shape index (κ3) is 4.61. The number of carbonyl (C=O) groups is 1. The van der Waals surface area contributed by atoms with Crippen LogP contribution in [0.25, 0.3) is 0 Å². The number of rotatable bonds is 4. The Balaban J connectivity index is 2.44. The number of piperidine rings is 1. The third-order valence-corrected chi connectivity index (χ3v) is 4.02. The van der Waals surface area contributed by atoms with Gasteiger partial charge in [0.2, 0.25) is 0 Å². The molecule has 0 spiro atoms. The van der Waals surface area contributed by atoms with Crippen molar-refractivity contribution in [3.63, 3.8) is 0 Å². The summed E-state index contributed by atoms with van der Waals surface area (Å²) < 4.78 is 27.4. The van der Waals surface area contributed by atoms with Crippen molar-refractivity contribution >= 4 is 15.8 Å². The second-order valence-corrected chi connectivity index (χ2v) is 5.89. The van der Waals surface area contributed by atoms with E-state index in [0.29, 0.717) is 0 Å². The van der Waals surface area contributed by atoms with Crippen LogP contribution in [0.4, 0.5) is 0 Å². The second kappa shape index (κ2) is 5.46. The Hall–Kier alpha value is -0.620. The zero-order valence-corrected chi connectivity index (χ0v) is 9.68. The largest absolute Gasteiger partial charge is 0.468 e. The minimum absolute atomic E-state index is 0.00611. The van der Waals surface area contributed by atoms with E-state index in [-0.39, 0.29) is 11.8 Å². The van der Waals surface area contributed by atoms with E-state index < -0.39 is 21.6 Å². The summed E-state index contributed by atoms with van der Waals surface area (Å²) >= 11 is 0. The molecule has 0 aromatic rings. The summed E-state index contributed by atoms with van der Waals surface area (Å²) in [5.74, 6) is -1.17. The Morgan fingerprint density at radius 3 is 2.73 bits per heavy atom. The fraction of sp³-hybridized carbons (Fsp3) is 0.889. The smallest absolute Gasteiger partial charge is 0.320 e. The van der Waals surface area contributed by atoms with Gasteiger partial charge < -0.3 is 10.1 Å². The van der Waals surface area contributed by atoms with E-state index in [2.05, 4.69) is 10.1 Å². The molecule has 88 valence electrons. The van der Waals surface area contributed by atoms with Crippen LogP contribution in [0.5, 0.6) is 0 Å². The molecule has 0 unspecified atom stereocenters. The Bertz CT molecular complexity index is 306. The number of esters is 1. The lowest BCUT2D eigenvalue weighted by molar-refractivity contribution is -0.137. The van der Waals surface area contributed by atoms with Gasteiger partial charge in [0, 0.05) is 6.04 Å². The highest BCUT2D eigenvalue weighted by Gasteiger charge is 2.23. The predicted molar refractivity (Wildman–Crippen MR) is 56.3 cm³/mol. The molecule has 0 radical (unpaired) electrons. The molecule has 1 aliphatic rings. The zero-order valence-electron chi connectivity index (χ0n) is 8.86. The van der Waals surface area contributed by atoms with E-state index in [0.717, 1.165) is 25.8 Å². The normalized spacial score (nSPS) is 22.3. The van der Waals surface area contributed by atoms with Crippen molar-refractivity contribution in [1.29, 1.82) is 0 Å². The Labute approximate surface area is 90.1 Å². The van der Waals surface area contributed by atoms with Crippen LogP contribution < -0.4 is 5.32 Å². The van der Waals surface area contributed by atoms with Crippen molar-refractivity contribution in [2.45, 2.75) is 25.3 Å². The summed E-state index contributed by atoms with van der Waals surface area (Å²) in [5, 5.41) is 3.14. The molecule has 0 aliphatic carbocycles. The number of ether oxygens (including phenoxy) is 1. The summed E-state index contributed by atoms with van der Waals surface area (Å²) in [6.07, 6.45) is 3.00. The number of hydrogen-bond donors (Lipinski definition) is 1. The highest BCUT2D eigenvalue weighted by atomic mass is 32.2. The highest BCUT2D eigenvalue weighted by molar-refractivity contribution is 7.92. The molecule has 0 saturated carbocycles. The molecule has 15 heavy (non-hydrogen) atoms.